The lowest BCUT2D eigenvalue weighted by molar-refractivity contribution is -0.142. The quantitative estimate of drug-likeness (QED) is 0.766. The fourth-order valence-corrected chi connectivity index (χ4v) is 3.65. The fourth-order valence-electron chi connectivity index (χ4n) is 3.65. The van der Waals surface area contributed by atoms with Gasteiger partial charge in [-0.15, -0.1) is 0 Å². The number of piperazine rings is 1. The van der Waals surface area contributed by atoms with E-state index in [-0.39, 0.29) is 18.2 Å². The van der Waals surface area contributed by atoms with E-state index in [0.29, 0.717) is 29.7 Å². The maximum absolute atomic E-state index is 14.7. The van der Waals surface area contributed by atoms with Gasteiger partial charge in [-0.2, -0.15) is 0 Å². The maximum atomic E-state index is 14.7. The van der Waals surface area contributed by atoms with Crippen LogP contribution in [-0.4, -0.2) is 60.3 Å². The largest absolute Gasteiger partial charge is 0.466 e. The number of benzene rings is 1. The Bertz CT molecular complexity index is 823. The average Bonchev–Trinajstić information content (AvgIpc) is 3.38. The predicted molar refractivity (Wildman–Crippen MR) is 98.0 cm³/mol. The predicted octanol–water partition coefficient (Wildman–Crippen LogP) is 2.37. The third kappa shape index (κ3) is 3.28. The van der Waals surface area contributed by atoms with Crippen LogP contribution in [-0.2, 0) is 16.0 Å². The molecule has 1 aliphatic carbocycles. The van der Waals surface area contributed by atoms with E-state index in [4.69, 9.17) is 4.74 Å². The van der Waals surface area contributed by atoms with E-state index < -0.39 is 0 Å². The van der Waals surface area contributed by atoms with E-state index in [1.54, 1.807) is 6.92 Å². The van der Waals surface area contributed by atoms with E-state index in [1.165, 1.54) is 6.07 Å². The molecule has 1 aliphatic heterocycles. The molecular weight excluding hydrogens is 335 g/mol. The van der Waals surface area contributed by atoms with Gasteiger partial charge in [-0.1, -0.05) is 0 Å². The third-order valence-corrected chi connectivity index (χ3v) is 5.19. The number of aromatic nitrogens is 2. The van der Waals surface area contributed by atoms with Crippen LogP contribution in [0.1, 0.15) is 31.6 Å². The zero-order chi connectivity index (χ0) is 18.3. The van der Waals surface area contributed by atoms with Crippen LogP contribution < -0.4 is 4.90 Å². The van der Waals surface area contributed by atoms with Gasteiger partial charge in [0.15, 0.2) is 0 Å². The highest BCUT2D eigenvalue weighted by atomic mass is 19.1. The Morgan fingerprint density at radius 3 is 2.65 bits per heavy atom. The van der Waals surface area contributed by atoms with Gasteiger partial charge in [-0.25, -0.2) is 9.37 Å². The number of nitrogens with zero attached hydrogens (tertiary/aromatic N) is 4. The summed E-state index contributed by atoms with van der Waals surface area (Å²) in [6, 6.07) is 3.78. The second-order valence-electron chi connectivity index (χ2n) is 7.19. The molecule has 6 nitrogen and oxygen atoms in total. The molecule has 4 rings (SSSR count). The number of hydrogen-bond acceptors (Lipinski definition) is 5. The van der Waals surface area contributed by atoms with Crippen molar-refractivity contribution in [2.75, 3.05) is 44.7 Å². The minimum absolute atomic E-state index is 0.129. The molecule has 1 aromatic heterocycles. The Labute approximate surface area is 152 Å². The van der Waals surface area contributed by atoms with Gasteiger partial charge in [-0.3, -0.25) is 4.79 Å². The van der Waals surface area contributed by atoms with Gasteiger partial charge in [-0.05, 0) is 32.9 Å². The van der Waals surface area contributed by atoms with E-state index in [1.807, 2.05) is 6.07 Å². The van der Waals surface area contributed by atoms with Crippen molar-refractivity contribution in [2.45, 2.75) is 32.2 Å². The van der Waals surface area contributed by atoms with Crippen molar-refractivity contribution in [3.63, 3.8) is 0 Å². The highest BCUT2D eigenvalue weighted by Gasteiger charge is 2.30. The molecular formula is C19H25FN4O2. The van der Waals surface area contributed by atoms with Gasteiger partial charge in [0.05, 0.1) is 23.3 Å². The van der Waals surface area contributed by atoms with Gasteiger partial charge < -0.3 is 19.1 Å². The van der Waals surface area contributed by atoms with Gasteiger partial charge in [0, 0.05) is 38.3 Å². The summed E-state index contributed by atoms with van der Waals surface area (Å²) in [4.78, 5) is 20.8. The second-order valence-corrected chi connectivity index (χ2v) is 7.19. The van der Waals surface area contributed by atoms with Crippen molar-refractivity contribution in [1.82, 2.24) is 14.5 Å². The monoisotopic (exact) mass is 360 g/mol. The van der Waals surface area contributed by atoms with Gasteiger partial charge in [0.1, 0.15) is 18.1 Å². The highest BCUT2D eigenvalue weighted by molar-refractivity contribution is 5.82. The van der Waals surface area contributed by atoms with Crippen LogP contribution in [0.15, 0.2) is 12.1 Å². The Hall–Kier alpha value is -2.15. The molecule has 0 spiro atoms. The lowest BCUT2D eigenvalue weighted by atomic mass is 10.2. The lowest BCUT2D eigenvalue weighted by Crippen LogP contribution is -2.44. The SMILES string of the molecule is CCOC(=O)Cc1nc2cc(F)c(N3CCN(C)CC3)cc2n1C1CC1. The van der Waals surface area contributed by atoms with Gasteiger partial charge >= 0.3 is 5.97 Å². The van der Waals surface area contributed by atoms with E-state index in [0.717, 1.165) is 44.5 Å². The van der Waals surface area contributed by atoms with Crippen LogP contribution in [0.4, 0.5) is 10.1 Å². The molecule has 0 unspecified atom stereocenters. The third-order valence-electron chi connectivity index (χ3n) is 5.19. The first kappa shape index (κ1) is 17.3. The smallest absolute Gasteiger partial charge is 0.313 e. The van der Waals surface area contributed by atoms with Gasteiger partial charge in [0.25, 0.3) is 0 Å². The van der Waals surface area contributed by atoms with Crippen LogP contribution in [0.5, 0.6) is 0 Å². The van der Waals surface area contributed by atoms with Crippen molar-refractivity contribution in [2.24, 2.45) is 0 Å². The summed E-state index contributed by atoms with van der Waals surface area (Å²) in [5, 5.41) is 0. The summed E-state index contributed by atoms with van der Waals surface area (Å²) in [6.45, 7) is 5.61. The summed E-state index contributed by atoms with van der Waals surface area (Å²) >= 11 is 0. The van der Waals surface area contributed by atoms with Crippen molar-refractivity contribution in [3.05, 3.63) is 23.8 Å². The molecule has 2 aliphatic rings. The topological polar surface area (TPSA) is 50.6 Å². The first-order valence-corrected chi connectivity index (χ1v) is 9.36. The molecule has 0 amide bonds. The number of hydrogen-bond donors (Lipinski definition) is 0. The first-order valence-electron chi connectivity index (χ1n) is 9.36. The number of likely N-dealkylation sites (N-methyl/N-ethyl adjacent to an activating group) is 1. The molecule has 26 heavy (non-hydrogen) atoms. The van der Waals surface area contributed by atoms with E-state index in [2.05, 4.69) is 26.4 Å². The standard InChI is InChI=1S/C19H25FN4O2/c1-3-26-19(25)12-18-21-15-10-14(20)16(23-8-6-22(2)7-9-23)11-17(15)24(18)13-4-5-13/h10-11,13H,3-9,12H2,1-2H3. The molecule has 0 bridgehead atoms. The lowest BCUT2D eigenvalue weighted by Gasteiger charge is -2.34. The Balaban J connectivity index is 1.72. The number of anilines is 1. The molecule has 140 valence electrons. The van der Waals surface area contributed by atoms with Crippen LogP contribution >= 0.6 is 0 Å². The zero-order valence-electron chi connectivity index (χ0n) is 15.4. The van der Waals surface area contributed by atoms with Crippen LogP contribution in [0.2, 0.25) is 0 Å². The molecule has 1 aromatic carbocycles. The molecule has 1 saturated carbocycles. The first-order chi connectivity index (χ1) is 12.6. The minimum atomic E-state index is -0.288. The van der Waals surface area contributed by atoms with Crippen molar-refractivity contribution in [1.29, 1.82) is 0 Å². The summed E-state index contributed by atoms with van der Waals surface area (Å²) in [5.41, 5.74) is 2.17. The number of halogens is 1. The maximum Gasteiger partial charge on any atom is 0.313 e. The van der Waals surface area contributed by atoms with Crippen molar-refractivity contribution in [3.8, 4) is 0 Å². The minimum Gasteiger partial charge on any atom is -0.466 e. The fraction of sp³-hybridized carbons (Fsp3) is 0.579. The molecule has 0 radical (unpaired) electrons. The molecule has 0 atom stereocenters. The van der Waals surface area contributed by atoms with Crippen molar-refractivity contribution < 1.29 is 13.9 Å². The second kappa shape index (κ2) is 6.87. The number of ether oxygens (including phenoxy) is 1. The molecule has 7 heteroatoms. The number of fused-ring (bicyclic) bond motifs is 1. The normalized spacial score (nSPS) is 18.5. The number of carbonyl (C=O) groups excluding carboxylic acids is 1. The van der Waals surface area contributed by atoms with Crippen LogP contribution in [0.25, 0.3) is 11.0 Å². The summed E-state index contributed by atoms with van der Waals surface area (Å²) in [7, 11) is 2.08. The average molecular weight is 360 g/mol. The summed E-state index contributed by atoms with van der Waals surface area (Å²) in [6.07, 6.45) is 2.27. The van der Waals surface area contributed by atoms with Crippen LogP contribution in [0, 0.1) is 5.82 Å². The van der Waals surface area contributed by atoms with Crippen LogP contribution in [0.3, 0.4) is 0 Å². The number of esters is 1. The summed E-state index contributed by atoms with van der Waals surface area (Å²) < 4.78 is 21.9. The molecule has 0 N–H and O–H groups in total. The Morgan fingerprint density at radius 1 is 1.27 bits per heavy atom. The van der Waals surface area contributed by atoms with E-state index >= 15 is 0 Å². The number of rotatable bonds is 5. The van der Waals surface area contributed by atoms with Gasteiger partial charge in [0.2, 0.25) is 0 Å². The van der Waals surface area contributed by atoms with E-state index in [9.17, 15) is 9.18 Å². The van der Waals surface area contributed by atoms with Crippen molar-refractivity contribution >= 4 is 22.7 Å². The Morgan fingerprint density at radius 2 is 2.00 bits per heavy atom. The molecule has 1 saturated heterocycles. The molecule has 2 aromatic rings. The summed E-state index contributed by atoms with van der Waals surface area (Å²) in [5.74, 6) is 0.144. The Kier molecular flexibility index (Phi) is 4.56. The zero-order valence-corrected chi connectivity index (χ0v) is 15.4. The molecule has 2 fully saturated rings. The number of carbonyl (C=O) groups is 1. The number of imidazole rings is 1. The molecule has 2 heterocycles. The highest BCUT2D eigenvalue weighted by Crippen LogP contribution is 2.40.